The number of para-hydroxylation sites is 1. The van der Waals surface area contributed by atoms with E-state index in [1.165, 1.54) is 0 Å². The molecule has 1 saturated carbocycles. The molecule has 1 amide bonds. The molecule has 0 unspecified atom stereocenters. The van der Waals surface area contributed by atoms with Crippen LogP contribution in [0.2, 0.25) is 0 Å². The summed E-state index contributed by atoms with van der Waals surface area (Å²) in [5.41, 5.74) is 3.20. The Labute approximate surface area is 201 Å². The van der Waals surface area contributed by atoms with Gasteiger partial charge in [-0.3, -0.25) is 0 Å². The van der Waals surface area contributed by atoms with Crippen molar-refractivity contribution in [2.45, 2.75) is 44.4 Å². The first-order chi connectivity index (χ1) is 16.5. The Morgan fingerprint density at radius 2 is 1.76 bits per heavy atom. The van der Waals surface area contributed by atoms with Gasteiger partial charge in [-0.05, 0) is 37.3 Å². The van der Waals surface area contributed by atoms with Crippen LogP contribution in [0, 0.1) is 0 Å². The van der Waals surface area contributed by atoms with Gasteiger partial charge in [0.2, 0.25) is 0 Å². The van der Waals surface area contributed by atoms with Gasteiger partial charge >= 0.3 is 6.09 Å². The number of pyridine rings is 1. The molecular formula is C27H34N4O3. The summed E-state index contributed by atoms with van der Waals surface area (Å²) in [6.07, 6.45) is 2.61. The smallest absolute Gasteiger partial charge is 0.407 e. The number of hydrogen-bond donors (Lipinski definition) is 2. The molecule has 0 aliphatic heterocycles. The summed E-state index contributed by atoms with van der Waals surface area (Å²) in [6, 6.07) is 20.5. The van der Waals surface area contributed by atoms with Crippen molar-refractivity contribution in [3.63, 3.8) is 0 Å². The van der Waals surface area contributed by atoms with Gasteiger partial charge in [0, 0.05) is 49.9 Å². The first-order valence-electron chi connectivity index (χ1n) is 12.0. The lowest BCUT2D eigenvalue weighted by Gasteiger charge is -2.35. The molecule has 0 saturated heterocycles. The van der Waals surface area contributed by atoms with Crippen LogP contribution in [0.5, 0.6) is 0 Å². The fourth-order valence-electron chi connectivity index (χ4n) is 4.70. The molecule has 0 radical (unpaired) electrons. The van der Waals surface area contributed by atoms with E-state index in [2.05, 4.69) is 22.3 Å². The highest BCUT2D eigenvalue weighted by atomic mass is 16.5. The number of ether oxygens (including phenoxy) is 1. The van der Waals surface area contributed by atoms with Crippen molar-refractivity contribution in [1.29, 1.82) is 0 Å². The standard InChI is InChI=1S/C27H34N4O3/c1-30(2)25-18-26(29-24-11-7-6-10-23(24)25)28-21-12-14-22(15-13-21)31(27(32)33)16-17-34-19-20-8-4-3-5-9-20/h3-11,18,21-22H,12-17,19H2,1-2H3,(H,28,29)(H,32,33)/t21-,22+. The summed E-state index contributed by atoms with van der Waals surface area (Å²) < 4.78 is 5.73. The van der Waals surface area contributed by atoms with Crippen molar-refractivity contribution in [2.75, 3.05) is 37.5 Å². The van der Waals surface area contributed by atoms with Crippen LogP contribution in [0.4, 0.5) is 16.3 Å². The fourth-order valence-corrected chi connectivity index (χ4v) is 4.70. The highest BCUT2D eigenvalue weighted by Crippen LogP contribution is 2.30. The lowest BCUT2D eigenvalue weighted by molar-refractivity contribution is 0.0636. The highest BCUT2D eigenvalue weighted by Gasteiger charge is 2.29. The van der Waals surface area contributed by atoms with Crippen molar-refractivity contribution in [3.05, 3.63) is 66.2 Å². The van der Waals surface area contributed by atoms with Gasteiger partial charge < -0.3 is 25.0 Å². The zero-order chi connectivity index (χ0) is 23.9. The summed E-state index contributed by atoms with van der Waals surface area (Å²) in [5, 5.41) is 14.5. The Bertz CT molecular complexity index is 1080. The van der Waals surface area contributed by atoms with E-state index in [0.29, 0.717) is 19.8 Å². The highest BCUT2D eigenvalue weighted by molar-refractivity contribution is 5.93. The predicted octanol–water partition coefficient (Wildman–Crippen LogP) is 5.22. The number of fused-ring (bicyclic) bond motifs is 1. The number of rotatable bonds is 9. The lowest BCUT2D eigenvalue weighted by Crippen LogP contribution is -2.45. The molecule has 7 nitrogen and oxygen atoms in total. The fraction of sp³-hybridized carbons (Fsp3) is 0.407. The maximum Gasteiger partial charge on any atom is 0.407 e. The summed E-state index contributed by atoms with van der Waals surface area (Å²) in [6.45, 7) is 1.29. The third-order valence-corrected chi connectivity index (χ3v) is 6.50. The Morgan fingerprint density at radius 3 is 2.47 bits per heavy atom. The quantitative estimate of drug-likeness (QED) is 0.425. The number of carboxylic acid groups (broad SMARTS) is 1. The van der Waals surface area contributed by atoms with Gasteiger partial charge in [0.1, 0.15) is 5.82 Å². The van der Waals surface area contributed by atoms with Gasteiger partial charge in [0.15, 0.2) is 0 Å². The number of benzene rings is 2. The van der Waals surface area contributed by atoms with E-state index in [1.807, 2.05) is 62.6 Å². The second-order valence-corrected chi connectivity index (χ2v) is 9.10. The van der Waals surface area contributed by atoms with E-state index in [-0.39, 0.29) is 12.1 Å². The number of nitrogens with one attached hydrogen (secondary N) is 1. The first-order valence-corrected chi connectivity index (χ1v) is 12.0. The van der Waals surface area contributed by atoms with Gasteiger partial charge in [0.25, 0.3) is 0 Å². The molecule has 2 aromatic carbocycles. The van der Waals surface area contributed by atoms with Crippen molar-refractivity contribution >= 4 is 28.5 Å². The third kappa shape index (κ3) is 5.97. The summed E-state index contributed by atoms with van der Waals surface area (Å²) in [7, 11) is 4.08. The normalized spacial score (nSPS) is 17.9. The van der Waals surface area contributed by atoms with Crippen LogP contribution in [-0.4, -0.2) is 60.4 Å². The van der Waals surface area contributed by atoms with Crippen LogP contribution in [0.1, 0.15) is 31.2 Å². The molecule has 1 aromatic heterocycles. The van der Waals surface area contributed by atoms with E-state index in [1.54, 1.807) is 4.90 Å². The van der Waals surface area contributed by atoms with Crippen molar-refractivity contribution < 1.29 is 14.6 Å². The largest absolute Gasteiger partial charge is 0.465 e. The van der Waals surface area contributed by atoms with Gasteiger partial charge in [-0.25, -0.2) is 9.78 Å². The van der Waals surface area contributed by atoms with E-state index in [4.69, 9.17) is 9.72 Å². The third-order valence-electron chi connectivity index (χ3n) is 6.50. The molecule has 3 aromatic rings. The first kappa shape index (κ1) is 23.8. The molecular weight excluding hydrogens is 428 g/mol. The summed E-state index contributed by atoms with van der Waals surface area (Å²) in [4.78, 5) is 20.4. The Hall–Kier alpha value is -3.32. The van der Waals surface area contributed by atoms with Crippen molar-refractivity contribution in [1.82, 2.24) is 9.88 Å². The van der Waals surface area contributed by atoms with Crippen LogP contribution < -0.4 is 10.2 Å². The van der Waals surface area contributed by atoms with E-state index in [0.717, 1.165) is 53.7 Å². The summed E-state index contributed by atoms with van der Waals surface area (Å²) in [5.74, 6) is 0.871. The van der Waals surface area contributed by atoms with Gasteiger partial charge in [-0.2, -0.15) is 0 Å². The van der Waals surface area contributed by atoms with E-state index >= 15 is 0 Å². The maximum absolute atomic E-state index is 11.9. The monoisotopic (exact) mass is 462 g/mol. The minimum Gasteiger partial charge on any atom is -0.465 e. The number of anilines is 2. The number of hydrogen-bond acceptors (Lipinski definition) is 5. The Kier molecular flexibility index (Phi) is 7.85. The molecule has 1 fully saturated rings. The molecule has 2 N–H and O–H groups in total. The Balaban J connectivity index is 1.30. The second-order valence-electron chi connectivity index (χ2n) is 9.10. The number of carbonyl (C=O) groups is 1. The van der Waals surface area contributed by atoms with Crippen molar-refractivity contribution in [3.8, 4) is 0 Å². The summed E-state index contributed by atoms with van der Waals surface area (Å²) >= 11 is 0. The molecule has 34 heavy (non-hydrogen) atoms. The van der Waals surface area contributed by atoms with Gasteiger partial charge in [-0.1, -0.05) is 48.5 Å². The average Bonchev–Trinajstić information content (AvgIpc) is 2.84. The second kappa shape index (κ2) is 11.2. The number of aromatic nitrogens is 1. The van der Waals surface area contributed by atoms with Gasteiger partial charge in [-0.15, -0.1) is 0 Å². The molecule has 1 aliphatic rings. The zero-order valence-electron chi connectivity index (χ0n) is 20.0. The van der Waals surface area contributed by atoms with Crippen LogP contribution in [0.15, 0.2) is 60.7 Å². The van der Waals surface area contributed by atoms with Gasteiger partial charge in [0.05, 0.1) is 18.7 Å². The van der Waals surface area contributed by atoms with Crippen LogP contribution >= 0.6 is 0 Å². The molecule has 4 rings (SSSR count). The van der Waals surface area contributed by atoms with Crippen molar-refractivity contribution in [2.24, 2.45) is 0 Å². The lowest BCUT2D eigenvalue weighted by atomic mass is 9.90. The minimum absolute atomic E-state index is 0.0257. The number of nitrogens with zero attached hydrogens (tertiary/aromatic N) is 3. The SMILES string of the molecule is CN(C)c1cc(N[C@H]2CC[C@@H](N(CCOCc3ccccc3)C(=O)O)CC2)nc2ccccc12. The van der Waals surface area contributed by atoms with Crippen LogP contribution in [0.3, 0.4) is 0 Å². The number of amides is 1. The van der Waals surface area contributed by atoms with Crippen LogP contribution in [-0.2, 0) is 11.3 Å². The minimum atomic E-state index is -0.869. The van der Waals surface area contributed by atoms with Crippen LogP contribution in [0.25, 0.3) is 10.9 Å². The molecule has 0 bridgehead atoms. The zero-order valence-corrected chi connectivity index (χ0v) is 20.0. The maximum atomic E-state index is 11.9. The topological polar surface area (TPSA) is 77.9 Å². The molecule has 180 valence electrons. The molecule has 1 aliphatic carbocycles. The molecule has 0 atom stereocenters. The molecule has 0 spiro atoms. The molecule has 1 heterocycles. The predicted molar refractivity (Wildman–Crippen MR) is 137 cm³/mol. The molecule has 7 heteroatoms. The average molecular weight is 463 g/mol. The Morgan fingerprint density at radius 1 is 1.06 bits per heavy atom. The van der Waals surface area contributed by atoms with E-state index in [9.17, 15) is 9.90 Å². The van der Waals surface area contributed by atoms with E-state index < -0.39 is 6.09 Å².